The van der Waals surface area contributed by atoms with Crippen LogP contribution in [0, 0.1) is 4.77 Å². The summed E-state index contributed by atoms with van der Waals surface area (Å²) in [7, 11) is 0. The maximum absolute atomic E-state index is 6.05. The molecule has 20 heavy (non-hydrogen) atoms. The van der Waals surface area contributed by atoms with Crippen molar-refractivity contribution >= 4 is 34.9 Å². The Labute approximate surface area is 127 Å². The Kier molecular flexibility index (Phi) is 2.72. The molecule has 0 unspecified atom stereocenters. The Morgan fingerprint density at radius 3 is 2.50 bits per heavy atom. The highest BCUT2D eigenvalue weighted by atomic mass is 35.5. The van der Waals surface area contributed by atoms with Crippen LogP contribution < -0.4 is 0 Å². The van der Waals surface area contributed by atoms with Crippen molar-refractivity contribution in [3.05, 3.63) is 63.4 Å². The van der Waals surface area contributed by atoms with Crippen LogP contribution in [0.3, 0.4) is 0 Å². The molecule has 3 aromatic rings. The second kappa shape index (κ2) is 4.47. The van der Waals surface area contributed by atoms with Gasteiger partial charge in [0, 0.05) is 11.1 Å². The molecule has 4 rings (SSSR count). The Morgan fingerprint density at radius 2 is 1.80 bits per heavy atom. The first-order chi connectivity index (χ1) is 9.72. The SMILES string of the molecule is S=c1[nH]c2cc(Cl)ccc2n1C1Cc2ccccc2C1. The van der Waals surface area contributed by atoms with E-state index >= 15 is 0 Å². The number of benzene rings is 2. The monoisotopic (exact) mass is 300 g/mol. The molecule has 0 saturated carbocycles. The lowest BCUT2D eigenvalue weighted by atomic mass is 10.1. The van der Waals surface area contributed by atoms with Gasteiger partial charge in [-0.2, -0.15) is 0 Å². The molecule has 0 aliphatic heterocycles. The van der Waals surface area contributed by atoms with Gasteiger partial charge in [-0.25, -0.2) is 0 Å². The summed E-state index contributed by atoms with van der Waals surface area (Å²) in [6.07, 6.45) is 2.08. The molecule has 4 heteroatoms. The molecule has 1 aliphatic rings. The van der Waals surface area contributed by atoms with Gasteiger partial charge >= 0.3 is 0 Å². The predicted molar refractivity (Wildman–Crippen MR) is 85.0 cm³/mol. The van der Waals surface area contributed by atoms with Gasteiger partial charge in [0.2, 0.25) is 0 Å². The summed E-state index contributed by atoms with van der Waals surface area (Å²) in [6, 6.07) is 14.9. The van der Waals surface area contributed by atoms with Crippen LogP contribution >= 0.6 is 23.8 Å². The third-order valence-corrected chi connectivity index (χ3v) is 4.61. The molecular weight excluding hydrogens is 288 g/mol. The number of rotatable bonds is 1. The molecular formula is C16H13ClN2S. The molecule has 100 valence electrons. The molecule has 0 fully saturated rings. The van der Waals surface area contributed by atoms with Gasteiger partial charge in [0.05, 0.1) is 11.0 Å². The molecule has 0 atom stereocenters. The summed E-state index contributed by atoms with van der Waals surface area (Å²) in [6.45, 7) is 0. The molecule has 1 N–H and O–H groups in total. The number of aromatic nitrogens is 2. The van der Waals surface area contributed by atoms with Crippen LogP contribution in [0.15, 0.2) is 42.5 Å². The number of aromatic amines is 1. The number of hydrogen-bond acceptors (Lipinski definition) is 1. The molecule has 2 nitrogen and oxygen atoms in total. The summed E-state index contributed by atoms with van der Waals surface area (Å²) in [5.41, 5.74) is 5.01. The molecule has 0 amide bonds. The van der Waals surface area contributed by atoms with E-state index in [-0.39, 0.29) is 0 Å². The quantitative estimate of drug-likeness (QED) is 0.646. The topological polar surface area (TPSA) is 20.7 Å². The average molecular weight is 301 g/mol. The van der Waals surface area contributed by atoms with E-state index in [1.807, 2.05) is 18.2 Å². The van der Waals surface area contributed by atoms with Gasteiger partial charge in [0.25, 0.3) is 0 Å². The Balaban J connectivity index is 1.85. The van der Waals surface area contributed by atoms with Crippen molar-refractivity contribution in [1.29, 1.82) is 0 Å². The highest BCUT2D eigenvalue weighted by Gasteiger charge is 2.24. The normalized spacial score (nSPS) is 14.8. The van der Waals surface area contributed by atoms with Crippen LogP contribution in [0.2, 0.25) is 5.02 Å². The number of hydrogen-bond donors (Lipinski definition) is 1. The molecule has 1 heterocycles. The first kappa shape index (κ1) is 12.2. The van der Waals surface area contributed by atoms with Crippen molar-refractivity contribution in [3.8, 4) is 0 Å². The number of halogens is 1. The minimum atomic E-state index is 0.398. The van der Waals surface area contributed by atoms with Gasteiger partial charge in [0.1, 0.15) is 0 Å². The van der Waals surface area contributed by atoms with E-state index in [0.717, 1.165) is 33.7 Å². The fourth-order valence-corrected chi connectivity index (χ4v) is 3.71. The van der Waals surface area contributed by atoms with Crippen LogP contribution in [0.4, 0.5) is 0 Å². The highest BCUT2D eigenvalue weighted by Crippen LogP contribution is 2.33. The predicted octanol–water partition coefficient (Wildman–Crippen LogP) is 4.69. The fourth-order valence-electron chi connectivity index (χ4n) is 3.18. The van der Waals surface area contributed by atoms with E-state index < -0.39 is 0 Å². The molecule has 1 aliphatic carbocycles. The molecule has 0 saturated heterocycles. The third kappa shape index (κ3) is 1.81. The second-order valence-electron chi connectivity index (χ2n) is 5.29. The maximum atomic E-state index is 6.05. The summed E-state index contributed by atoms with van der Waals surface area (Å²) in [5.74, 6) is 0. The number of fused-ring (bicyclic) bond motifs is 2. The maximum Gasteiger partial charge on any atom is 0.178 e. The van der Waals surface area contributed by atoms with Crippen molar-refractivity contribution in [2.45, 2.75) is 18.9 Å². The second-order valence-corrected chi connectivity index (χ2v) is 6.12. The fraction of sp³-hybridized carbons (Fsp3) is 0.188. The standard InChI is InChI=1S/C16H13ClN2S/c17-12-5-6-15-14(9-12)18-16(20)19(15)13-7-10-3-1-2-4-11(10)8-13/h1-6,9,13H,7-8H2,(H,18,20). The van der Waals surface area contributed by atoms with E-state index in [1.165, 1.54) is 11.1 Å². The van der Waals surface area contributed by atoms with Gasteiger partial charge in [-0.05, 0) is 54.4 Å². The zero-order chi connectivity index (χ0) is 13.7. The smallest absolute Gasteiger partial charge is 0.178 e. The molecule has 2 aromatic carbocycles. The van der Waals surface area contributed by atoms with Crippen molar-refractivity contribution in [2.75, 3.05) is 0 Å². The Bertz CT molecular complexity index is 837. The summed E-state index contributed by atoms with van der Waals surface area (Å²) in [4.78, 5) is 3.26. The van der Waals surface area contributed by atoms with Gasteiger partial charge in [-0.15, -0.1) is 0 Å². The van der Waals surface area contributed by atoms with Crippen molar-refractivity contribution in [3.63, 3.8) is 0 Å². The van der Waals surface area contributed by atoms with Crippen molar-refractivity contribution in [1.82, 2.24) is 9.55 Å². The number of imidazole rings is 1. The Hall–Kier alpha value is -1.58. The van der Waals surface area contributed by atoms with Gasteiger partial charge in [-0.3, -0.25) is 0 Å². The third-order valence-electron chi connectivity index (χ3n) is 4.07. The summed E-state index contributed by atoms with van der Waals surface area (Å²) in [5, 5.41) is 0.732. The summed E-state index contributed by atoms with van der Waals surface area (Å²) >= 11 is 11.6. The summed E-state index contributed by atoms with van der Waals surface area (Å²) < 4.78 is 3.01. The Morgan fingerprint density at radius 1 is 1.10 bits per heavy atom. The largest absolute Gasteiger partial charge is 0.331 e. The zero-order valence-electron chi connectivity index (χ0n) is 10.8. The van der Waals surface area contributed by atoms with Crippen molar-refractivity contribution in [2.24, 2.45) is 0 Å². The van der Waals surface area contributed by atoms with Crippen LogP contribution in [-0.2, 0) is 12.8 Å². The van der Waals surface area contributed by atoms with Gasteiger partial charge < -0.3 is 9.55 Å². The number of H-pyrrole nitrogens is 1. The van der Waals surface area contributed by atoms with Crippen LogP contribution in [-0.4, -0.2) is 9.55 Å². The van der Waals surface area contributed by atoms with E-state index in [9.17, 15) is 0 Å². The average Bonchev–Trinajstić information content (AvgIpc) is 2.97. The van der Waals surface area contributed by atoms with E-state index in [2.05, 4.69) is 33.8 Å². The minimum absolute atomic E-state index is 0.398. The zero-order valence-corrected chi connectivity index (χ0v) is 12.3. The highest BCUT2D eigenvalue weighted by molar-refractivity contribution is 7.71. The minimum Gasteiger partial charge on any atom is -0.331 e. The molecule has 0 bridgehead atoms. The van der Waals surface area contributed by atoms with Crippen molar-refractivity contribution < 1.29 is 0 Å². The van der Waals surface area contributed by atoms with Gasteiger partial charge in [0.15, 0.2) is 4.77 Å². The first-order valence-corrected chi connectivity index (χ1v) is 7.47. The first-order valence-electron chi connectivity index (χ1n) is 6.69. The number of nitrogens with one attached hydrogen (secondary N) is 1. The lowest BCUT2D eigenvalue weighted by Gasteiger charge is -2.12. The van der Waals surface area contributed by atoms with Crippen LogP contribution in [0.5, 0.6) is 0 Å². The van der Waals surface area contributed by atoms with E-state index in [1.54, 1.807) is 0 Å². The molecule has 1 aromatic heterocycles. The van der Waals surface area contributed by atoms with Crippen LogP contribution in [0.25, 0.3) is 11.0 Å². The number of nitrogens with zero attached hydrogens (tertiary/aromatic N) is 1. The van der Waals surface area contributed by atoms with E-state index in [4.69, 9.17) is 23.8 Å². The lowest BCUT2D eigenvalue weighted by Crippen LogP contribution is -2.08. The van der Waals surface area contributed by atoms with Crippen LogP contribution in [0.1, 0.15) is 17.2 Å². The lowest BCUT2D eigenvalue weighted by molar-refractivity contribution is 0.537. The van der Waals surface area contributed by atoms with Gasteiger partial charge in [-0.1, -0.05) is 35.9 Å². The molecule has 0 radical (unpaired) electrons. The molecule has 0 spiro atoms. The van der Waals surface area contributed by atoms with E-state index in [0.29, 0.717) is 6.04 Å².